The molecular weight excluding hydrogens is 284 g/mol. The molecule has 0 unspecified atom stereocenters. The van der Waals surface area contributed by atoms with Crippen LogP contribution in [0.2, 0.25) is 0 Å². The molecule has 2 heterocycles. The van der Waals surface area contributed by atoms with Gasteiger partial charge in [-0.2, -0.15) is 0 Å². The van der Waals surface area contributed by atoms with E-state index in [1.54, 1.807) is 0 Å². The molecule has 3 rings (SSSR count). The number of hydrogen-bond acceptors (Lipinski definition) is 5. The van der Waals surface area contributed by atoms with Crippen molar-refractivity contribution in [3.63, 3.8) is 0 Å². The zero-order valence-corrected chi connectivity index (χ0v) is 13.4. The highest BCUT2D eigenvalue weighted by Gasteiger charge is 2.32. The summed E-state index contributed by atoms with van der Waals surface area (Å²) in [5.74, 6) is 1.07. The molecule has 0 spiro atoms. The molecular formula is C16H22N2O2S. The number of benzene rings is 1. The van der Waals surface area contributed by atoms with Gasteiger partial charge in [-0.1, -0.05) is 37.7 Å². The van der Waals surface area contributed by atoms with E-state index in [4.69, 9.17) is 14.5 Å². The quantitative estimate of drug-likeness (QED) is 0.918. The van der Waals surface area contributed by atoms with Crippen LogP contribution in [0.15, 0.2) is 29.3 Å². The van der Waals surface area contributed by atoms with Gasteiger partial charge in [0.15, 0.2) is 11.5 Å². The topological polar surface area (TPSA) is 42.8 Å². The zero-order valence-electron chi connectivity index (χ0n) is 12.6. The smallest absolute Gasteiger partial charge is 0.184 e. The van der Waals surface area contributed by atoms with E-state index in [1.165, 1.54) is 0 Å². The van der Waals surface area contributed by atoms with E-state index >= 15 is 0 Å². The van der Waals surface area contributed by atoms with Crippen LogP contribution in [0.1, 0.15) is 38.5 Å². The number of nitrogens with zero attached hydrogens (tertiary/aromatic N) is 1. The summed E-state index contributed by atoms with van der Waals surface area (Å²) in [6, 6.07) is 8.19. The average molecular weight is 306 g/mol. The van der Waals surface area contributed by atoms with Gasteiger partial charge in [0.2, 0.25) is 0 Å². The maximum atomic E-state index is 5.55. The molecule has 0 radical (unpaired) electrons. The van der Waals surface area contributed by atoms with Crippen LogP contribution in [-0.4, -0.2) is 29.7 Å². The van der Waals surface area contributed by atoms with Crippen LogP contribution in [-0.2, 0) is 9.47 Å². The number of anilines is 1. The third-order valence-electron chi connectivity index (χ3n) is 4.16. The fourth-order valence-corrected chi connectivity index (χ4v) is 3.92. The average Bonchev–Trinajstić information content (AvgIpc) is 3.18. The molecule has 1 aromatic carbocycles. The molecule has 1 saturated heterocycles. The Balaban J connectivity index is 1.72. The Labute approximate surface area is 130 Å². The summed E-state index contributed by atoms with van der Waals surface area (Å²) in [6.45, 7) is 5.76. The Hall–Kier alpha value is -1.04. The van der Waals surface area contributed by atoms with Crippen LogP contribution < -0.4 is 5.32 Å². The minimum absolute atomic E-state index is 0.113. The molecule has 1 N–H and O–H groups in total. The molecule has 4 nitrogen and oxygen atoms in total. The number of rotatable bonds is 4. The highest BCUT2D eigenvalue weighted by Crippen LogP contribution is 2.34. The largest absolute Gasteiger partial charge is 0.346 e. The van der Waals surface area contributed by atoms with E-state index in [1.807, 2.05) is 23.9 Å². The molecule has 114 valence electrons. The Morgan fingerprint density at radius 3 is 2.71 bits per heavy atom. The second-order valence-electron chi connectivity index (χ2n) is 5.46. The number of nitrogens with one attached hydrogen (secondary N) is 1. The standard InChI is InChI=1S/C16H22N2O2S/c1-3-16(4-2)11-21-15(18-16)17-13-7-5-6-12(10-13)14-19-8-9-20-14/h5-7,10,14H,3-4,8-9,11H2,1-2H3,(H,17,18). The summed E-state index contributed by atoms with van der Waals surface area (Å²) < 4.78 is 11.1. The Morgan fingerprint density at radius 1 is 1.29 bits per heavy atom. The fraction of sp³-hybridized carbons (Fsp3) is 0.562. The third-order valence-corrected chi connectivity index (χ3v) is 5.31. The van der Waals surface area contributed by atoms with E-state index in [-0.39, 0.29) is 11.8 Å². The van der Waals surface area contributed by atoms with Gasteiger partial charge in [-0.3, -0.25) is 4.99 Å². The van der Waals surface area contributed by atoms with Gasteiger partial charge in [-0.15, -0.1) is 0 Å². The minimum Gasteiger partial charge on any atom is -0.346 e. The molecule has 0 atom stereocenters. The molecule has 1 fully saturated rings. The SMILES string of the molecule is CCC1(CC)CSC(Nc2cccc(C3OCCO3)c2)=N1. The van der Waals surface area contributed by atoms with Crippen molar-refractivity contribution < 1.29 is 9.47 Å². The van der Waals surface area contributed by atoms with Crippen LogP contribution in [0.3, 0.4) is 0 Å². The molecule has 1 aromatic rings. The first-order valence-electron chi connectivity index (χ1n) is 7.57. The molecule has 0 aliphatic carbocycles. The van der Waals surface area contributed by atoms with Crippen LogP contribution in [0.5, 0.6) is 0 Å². The third kappa shape index (κ3) is 3.25. The predicted molar refractivity (Wildman–Crippen MR) is 87.9 cm³/mol. The van der Waals surface area contributed by atoms with Crippen molar-refractivity contribution in [3.8, 4) is 0 Å². The summed E-state index contributed by atoms with van der Waals surface area (Å²) in [7, 11) is 0. The molecule has 0 aromatic heterocycles. The highest BCUT2D eigenvalue weighted by molar-refractivity contribution is 8.14. The van der Waals surface area contributed by atoms with Crippen LogP contribution in [0, 0.1) is 0 Å². The summed E-state index contributed by atoms with van der Waals surface area (Å²) in [5, 5.41) is 4.45. The minimum atomic E-state index is -0.227. The van der Waals surface area contributed by atoms with Gasteiger partial charge in [0.05, 0.1) is 18.8 Å². The normalized spacial score (nSPS) is 21.5. The number of hydrogen-bond donors (Lipinski definition) is 1. The van der Waals surface area contributed by atoms with Gasteiger partial charge in [-0.05, 0) is 25.0 Å². The van der Waals surface area contributed by atoms with Crippen LogP contribution in [0.4, 0.5) is 5.69 Å². The molecule has 0 amide bonds. The molecule has 2 aliphatic rings. The molecule has 0 saturated carbocycles. The van der Waals surface area contributed by atoms with Gasteiger partial charge in [0, 0.05) is 17.0 Å². The van der Waals surface area contributed by atoms with E-state index in [9.17, 15) is 0 Å². The van der Waals surface area contributed by atoms with Gasteiger partial charge >= 0.3 is 0 Å². The van der Waals surface area contributed by atoms with Gasteiger partial charge in [0.25, 0.3) is 0 Å². The lowest BCUT2D eigenvalue weighted by molar-refractivity contribution is -0.0440. The van der Waals surface area contributed by atoms with E-state index in [2.05, 4.69) is 31.3 Å². The zero-order chi connectivity index (χ0) is 14.7. The van der Waals surface area contributed by atoms with Crippen molar-refractivity contribution in [1.82, 2.24) is 0 Å². The van der Waals surface area contributed by atoms with Crippen molar-refractivity contribution in [1.29, 1.82) is 0 Å². The monoisotopic (exact) mass is 306 g/mol. The van der Waals surface area contributed by atoms with Crippen LogP contribution >= 0.6 is 11.8 Å². The van der Waals surface area contributed by atoms with Gasteiger partial charge in [0.1, 0.15) is 0 Å². The second-order valence-corrected chi connectivity index (χ2v) is 6.43. The molecule has 0 bridgehead atoms. The first kappa shape index (κ1) is 14.9. The van der Waals surface area contributed by atoms with Crippen LogP contribution in [0.25, 0.3) is 0 Å². The number of thioether (sulfide) groups is 1. The lowest BCUT2D eigenvalue weighted by Crippen LogP contribution is -2.24. The number of ether oxygens (including phenoxy) is 2. The first-order chi connectivity index (χ1) is 10.2. The summed E-state index contributed by atoms with van der Waals surface area (Å²) in [6.07, 6.45) is 1.95. The Kier molecular flexibility index (Phi) is 4.52. The van der Waals surface area contributed by atoms with Crippen molar-refractivity contribution in [3.05, 3.63) is 29.8 Å². The second kappa shape index (κ2) is 6.38. The van der Waals surface area contributed by atoms with Crippen molar-refractivity contribution in [2.24, 2.45) is 4.99 Å². The Morgan fingerprint density at radius 2 is 2.05 bits per heavy atom. The maximum absolute atomic E-state index is 5.55. The van der Waals surface area contributed by atoms with Crippen molar-refractivity contribution in [2.75, 3.05) is 24.3 Å². The van der Waals surface area contributed by atoms with Crippen molar-refractivity contribution >= 4 is 22.6 Å². The van der Waals surface area contributed by atoms with E-state index in [0.29, 0.717) is 13.2 Å². The number of amidine groups is 1. The highest BCUT2D eigenvalue weighted by atomic mass is 32.2. The lowest BCUT2D eigenvalue weighted by Gasteiger charge is -2.20. The predicted octanol–water partition coefficient (Wildman–Crippen LogP) is 3.81. The number of aliphatic imine (C=N–C) groups is 1. The Bertz CT molecular complexity index is 523. The summed E-state index contributed by atoms with van der Waals surface area (Å²) in [5.41, 5.74) is 2.21. The molecule has 2 aliphatic heterocycles. The molecule has 21 heavy (non-hydrogen) atoms. The summed E-state index contributed by atoms with van der Waals surface area (Å²) in [4.78, 5) is 4.89. The van der Waals surface area contributed by atoms with Crippen molar-refractivity contribution in [2.45, 2.75) is 38.5 Å². The first-order valence-corrected chi connectivity index (χ1v) is 8.56. The summed E-state index contributed by atoms with van der Waals surface area (Å²) >= 11 is 1.81. The maximum Gasteiger partial charge on any atom is 0.184 e. The van der Waals surface area contributed by atoms with Gasteiger partial charge in [-0.25, -0.2) is 0 Å². The van der Waals surface area contributed by atoms with E-state index in [0.717, 1.165) is 35.0 Å². The lowest BCUT2D eigenvalue weighted by atomic mass is 9.97. The molecule has 5 heteroatoms. The fourth-order valence-electron chi connectivity index (χ4n) is 2.60. The van der Waals surface area contributed by atoms with Gasteiger partial charge < -0.3 is 14.8 Å². The van der Waals surface area contributed by atoms with E-state index < -0.39 is 0 Å².